The Morgan fingerprint density at radius 1 is 1.05 bits per heavy atom. The van der Waals surface area contributed by atoms with Crippen LogP contribution < -0.4 is 4.72 Å². The van der Waals surface area contributed by atoms with E-state index in [9.17, 15) is 8.42 Å². The summed E-state index contributed by atoms with van der Waals surface area (Å²) in [5.74, 6) is 0. The minimum atomic E-state index is -3.49. The summed E-state index contributed by atoms with van der Waals surface area (Å²) in [6.07, 6.45) is 1.75. The van der Waals surface area contributed by atoms with Crippen LogP contribution in [0.1, 0.15) is 0 Å². The zero-order valence-electron chi connectivity index (χ0n) is 12.3. The maximum absolute atomic E-state index is 11.8. The maximum atomic E-state index is 11.8. The molecule has 1 aromatic heterocycles. The summed E-state index contributed by atoms with van der Waals surface area (Å²) in [4.78, 5) is 4.34. The second-order valence-electron chi connectivity index (χ2n) is 5.04. The van der Waals surface area contributed by atoms with E-state index in [4.69, 9.17) is 0 Å². The van der Waals surface area contributed by atoms with E-state index in [-0.39, 0.29) is 0 Å². The average molecular weight is 316 g/mol. The summed E-state index contributed by atoms with van der Waals surface area (Å²) in [6.45, 7) is 0. The summed E-state index contributed by atoms with van der Waals surface area (Å²) < 4.78 is 29.2. The van der Waals surface area contributed by atoms with Crippen molar-refractivity contribution in [2.75, 3.05) is 18.8 Å². The first-order chi connectivity index (χ1) is 10.5. The van der Waals surface area contributed by atoms with Gasteiger partial charge in [0.2, 0.25) is 0 Å². The maximum Gasteiger partial charge on any atom is 0.301 e. The highest BCUT2D eigenvalue weighted by Gasteiger charge is 2.12. The number of aromatic nitrogens is 2. The highest BCUT2D eigenvalue weighted by molar-refractivity contribution is 7.90. The molecule has 6 nitrogen and oxygen atoms in total. The van der Waals surface area contributed by atoms with Crippen molar-refractivity contribution in [3.05, 3.63) is 54.9 Å². The van der Waals surface area contributed by atoms with Gasteiger partial charge >= 0.3 is 10.2 Å². The summed E-state index contributed by atoms with van der Waals surface area (Å²) in [7, 11) is -0.527. The first kappa shape index (κ1) is 14.6. The van der Waals surface area contributed by atoms with Crippen molar-refractivity contribution >= 4 is 26.9 Å². The fourth-order valence-electron chi connectivity index (χ4n) is 2.10. The molecule has 2 aromatic carbocycles. The van der Waals surface area contributed by atoms with Crippen LogP contribution in [0.2, 0.25) is 0 Å². The summed E-state index contributed by atoms with van der Waals surface area (Å²) in [6, 6.07) is 15.0. The molecule has 3 rings (SSSR count). The van der Waals surface area contributed by atoms with Crippen LogP contribution in [0.3, 0.4) is 0 Å². The number of fused-ring (bicyclic) bond motifs is 1. The first-order valence-electron chi connectivity index (χ1n) is 6.70. The van der Waals surface area contributed by atoms with Gasteiger partial charge in [-0.15, -0.1) is 0 Å². The van der Waals surface area contributed by atoms with Crippen molar-refractivity contribution in [2.45, 2.75) is 0 Å². The van der Waals surface area contributed by atoms with E-state index in [1.54, 1.807) is 18.5 Å². The van der Waals surface area contributed by atoms with Crippen LogP contribution in [0, 0.1) is 0 Å². The van der Waals surface area contributed by atoms with E-state index in [1.807, 2.05) is 41.0 Å². The molecule has 0 aliphatic rings. The van der Waals surface area contributed by atoms with Gasteiger partial charge in [0.15, 0.2) is 0 Å². The molecule has 0 saturated carbocycles. The van der Waals surface area contributed by atoms with Crippen LogP contribution in [0.4, 0.5) is 5.69 Å². The minimum absolute atomic E-state index is 0.516. The predicted molar refractivity (Wildman–Crippen MR) is 87.3 cm³/mol. The highest BCUT2D eigenvalue weighted by atomic mass is 32.2. The third kappa shape index (κ3) is 2.68. The Balaban J connectivity index is 1.92. The Bertz CT molecular complexity index is 899. The third-order valence-corrected chi connectivity index (χ3v) is 4.78. The lowest BCUT2D eigenvalue weighted by Crippen LogP contribution is -2.28. The fraction of sp³-hybridized carbons (Fsp3) is 0.133. The van der Waals surface area contributed by atoms with E-state index >= 15 is 0 Å². The molecule has 3 aromatic rings. The SMILES string of the molecule is CN(C)S(=O)(=O)Nc1ccc(-n2cnc3ccccc32)cc1. The number of hydrogen-bond acceptors (Lipinski definition) is 3. The molecular weight excluding hydrogens is 300 g/mol. The van der Waals surface area contributed by atoms with Gasteiger partial charge < -0.3 is 0 Å². The molecule has 1 heterocycles. The molecule has 1 N–H and O–H groups in total. The van der Waals surface area contributed by atoms with Crippen LogP contribution in [0.5, 0.6) is 0 Å². The van der Waals surface area contributed by atoms with Gasteiger partial charge in [-0.3, -0.25) is 9.29 Å². The monoisotopic (exact) mass is 316 g/mol. The number of anilines is 1. The molecule has 22 heavy (non-hydrogen) atoms. The molecule has 0 amide bonds. The molecule has 0 bridgehead atoms. The summed E-state index contributed by atoms with van der Waals surface area (Å²) >= 11 is 0. The number of rotatable bonds is 4. The second kappa shape index (κ2) is 5.43. The molecule has 0 spiro atoms. The van der Waals surface area contributed by atoms with Crippen molar-refractivity contribution < 1.29 is 8.42 Å². The lowest BCUT2D eigenvalue weighted by atomic mass is 10.2. The van der Waals surface area contributed by atoms with Gasteiger partial charge in [-0.2, -0.15) is 12.7 Å². The zero-order valence-corrected chi connectivity index (χ0v) is 13.1. The van der Waals surface area contributed by atoms with Crippen molar-refractivity contribution in [3.63, 3.8) is 0 Å². The number of para-hydroxylation sites is 2. The number of imidazole rings is 1. The Kier molecular flexibility index (Phi) is 3.59. The Morgan fingerprint density at radius 3 is 2.41 bits per heavy atom. The summed E-state index contributed by atoms with van der Waals surface area (Å²) in [5.41, 5.74) is 3.35. The molecule has 0 aliphatic carbocycles. The first-order valence-corrected chi connectivity index (χ1v) is 8.14. The highest BCUT2D eigenvalue weighted by Crippen LogP contribution is 2.20. The van der Waals surface area contributed by atoms with E-state index in [0.717, 1.165) is 21.0 Å². The van der Waals surface area contributed by atoms with Crippen molar-refractivity contribution in [3.8, 4) is 5.69 Å². The molecule has 7 heteroatoms. The van der Waals surface area contributed by atoms with E-state index in [0.29, 0.717) is 5.69 Å². The Hall–Kier alpha value is -2.38. The molecule has 0 unspecified atom stereocenters. The number of benzene rings is 2. The van der Waals surface area contributed by atoms with Gasteiger partial charge in [0.05, 0.1) is 11.0 Å². The number of nitrogens with one attached hydrogen (secondary N) is 1. The summed E-state index contributed by atoms with van der Waals surface area (Å²) in [5, 5.41) is 0. The van der Waals surface area contributed by atoms with E-state index < -0.39 is 10.2 Å². The fourth-order valence-corrected chi connectivity index (χ4v) is 2.71. The number of nitrogens with zero attached hydrogens (tertiary/aromatic N) is 3. The molecule has 0 aliphatic heterocycles. The lowest BCUT2D eigenvalue weighted by molar-refractivity contribution is 0.527. The van der Waals surface area contributed by atoms with Crippen molar-refractivity contribution in [1.82, 2.24) is 13.9 Å². The van der Waals surface area contributed by atoms with Gasteiger partial charge in [-0.1, -0.05) is 12.1 Å². The van der Waals surface area contributed by atoms with E-state index in [1.165, 1.54) is 14.1 Å². The zero-order chi connectivity index (χ0) is 15.7. The predicted octanol–water partition coefficient (Wildman–Crippen LogP) is 2.24. The quantitative estimate of drug-likeness (QED) is 0.802. The van der Waals surface area contributed by atoms with Gasteiger partial charge in [0, 0.05) is 25.5 Å². The van der Waals surface area contributed by atoms with Crippen molar-refractivity contribution in [2.24, 2.45) is 0 Å². The third-order valence-electron chi connectivity index (χ3n) is 3.33. The largest absolute Gasteiger partial charge is 0.301 e. The molecule has 114 valence electrons. The Morgan fingerprint density at radius 2 is 1.73 bits per heavy atom. The van der Waals surface area contributed by atoms with Crippen molar-refractivity contribution in [1.29, 1.82) is 0 Å². The van der Waals surface area contributed by atoms with Gasteiger partial charge in [-0.25, -0.2) is 4.98 Å². The second-order valence-corrected chi connectivity index (χ2v) is 6.92. The van der Waals surface area contributed by atoms with Crippen LogP contribution >= 0.6 is 0 Å². The molecule has 0 fully saturated rings. The molecule has 0 radical (unpaired) electrons. The topological polar surface area (TPSA) is 67.2 Å². The van der Waals surface area contributed by atoms with Gasteiger partial charge in [-0.05, 0) is 36.4 Å². The van der Waals surface area contributed by atoms with E-state index in [2.05, 4.69) is 9.71 Å². The smallest absolute Gasteiger partial charge is 0.299 e. The minimum Gasteiger partial charge on any atom is -0.299 e. The van der Waals surface area contributed by atoms with Crippen LogP contribution in [-0.2, 0) is 10.2 Å². The normalized spacial score (nSPS) is 12.0. The average Bonchev–Trinajstić information content (AvgIpc) is 2.91. The van der Waals surface area contributed by atoms with Crippen LogP contribution in [0.25, 0.3) is 16.7 Å². The Labute approximate surface area is 129 Å². The van der Waals surface area contributed by atoms with Gasteiger partial charge in [0.1, 0.15) is 6.33 Å². The van der Waals surface area contributed by atoms with Crippen LogP contribution in [0.15, 0.2) is 54.9 Å². The van der Waals surface area contributed by atoms with Gasteiger partial charge in [0.25, 0.3) is 0 Å². The molecule has 0 saturated heterocycles. The van der Waals surface area contributed by atoms with Crippen LogP contribution in [-0.4, -0.2) is 36.4 Å². The lowest BCUT2D eigenvalue weighted by Gasteiger charge is -2.13. The number of hydrogen-bond donors (Lipinski definition) is 1. The standard InChI is InChI=1S/C15H16N4O2S/c1-18(2)22(20,21)17-12-7-9-13(10-8-12)19-11-16-14-5-3-4-6-15(14)19/h3-11,17H,1-2H3. The molecular formula is C15H16N4O2S. The molecule has 0 atom stereocenters.